The molecule has 6 nitrogen and oxygen atoms in total. The van der Waals surface area contributed by atoms with Crippen LogP contribution in [0.25, 0.3) is 11.4 Å². The van der Waals surface area contributed by atoms with Crippen LogP contribution in [0.4, 0.5) is 4.39 Å². The van der Waals surface area contributed by atoms with Gasteiger partial charge in [-0.2, -0.15) is 0 Å². The smallest absolute Gasteiger partial charge is 0.261 e. The lowest BCUT2D eigenvalue weighted by molar-refractivity contribution is 0.0664. The van der Waals surface area contributed by atoms with Crippen molar-refractivity contribution in [1.29, 1.82) is 0 Å². The van der Waals surface area contributed by atoms with Gasteiger partial charge in [0.1, 0.15) is 5.82 Å². The van der Waals surface area contributed by atoms with E-state index in [1.54, 1.807) is 42.5 Å². The standard InChI is InChI=1S/C26H21FN4O2S/c27-22-13-7-6-12-21(22)23-28-29-26(30(23)15-14-18-8-2-1-3-9-18)34-17-16-31-24(32)19-10-4-5-11-20(19)25(31)33/h1-13H,14-17H2. The molecule has 0 fully saturated rings. The van der Waals surface area contributed by atoms with Crippen LogP contribution in [0.2, 0.25) is 0 Å². The zero-order valence-electron chi connectivity index (χ0n) is 18.2. The van der Waals surface area contributed by atoms with Gasteiger partial charge >= 0.3 is 0 Å². The highest BCUT2D eigenvalue weighted by atomic mass is 32.2. The number of benzene rings is 3. The van der Waals surface area contributed by atoms with Gasteiger partial charge < -0.3 is 4.57 Å². The van der Waals surface area contributed by atoms with Crippen LogP contribution in [0.1, 0.15) is 26.3 Å². The molecular weight excluding hydrogens is 451 g/mol. The Morgan fingerprint density at radius 3 is 2.03 bits per heavy atom. The minimum atomic E-state index is -0.363. The molecule has 0 N–H and O–H groups in total. The van der Waals surface area contributed by atoms with E-state index in [1.165, 1.54) is 22.7 Å². The lowest BCUT2D eigenvalue weighted by Gasteiger charge is -2.14. The summed E-state index contributed by atoms with van der Waals surface area (Å²) in [4.78, 5) is 26.5. The molecule has 0 spiro atoms. The van der Waals surface area contributed by atoms with Crippen LogP contribution in [-0.4, -0.2) is 43.8 Å². The molecule has 3 aromatic carbocycles. The Balaban J connectivity index is 1.34. The van der Waals surface area contributed by atoms with Gasteiger partial charge in [-0.15, -0.1) is 10.2 Å². The van der Waals surface area contributed by atoms with Crippen molar-refractivity contribution in [2.24, 2.45) is 0 Å². The van der Waals surface area contributed by atoms with E-state index in [1.807, 2.05) is 34.9 Å². The number of amides is 2. The molecule has 2 heterocycles. The van der Waals surface area contributed by atoms with E-state index in [-0.39, 0.29) is 24.2 Å². The molecule has 0 unspecified atom stereocenters. The van der Waals surface area contributed by atoms with Crippen molar-refractivity contribution in [2.75, 3.05) is 12.3 Å². The number of nitrogens with zero attached hydrogens (tertiary/aromatic N) is 4. The van der Waals surface area contributed by atoms with Gasteiger partial charge in [-0.3, -0.25) is 14.5 Å². The normalized spacial score (nSPS) is 12.9. The van der Waals surface area contributed by atoms with Crippen molar-refractivity contribution in [3.05, 3.63) is 101 Å². The fraction of sp³-hybridized carbons (Fsp3) is 0.154. The summed E-state index contributed by atoms with van der Waals surface area (Å²) in [6.45, 7) is 0.813. The van der Waals surface area contributed by atoms with Gasteiger partial charge in [0.05, 0.1) is 16.7 Å². The summed E-state index contributed by atoms with van der Waals surface area (Å²) in [5.74, 6) is -0.0140. The third-order valence-electron chi connectivity index (χ3n) is 5.72. The monoisotopic (exact) mass is 472 g/mol. The van der Waals surface area contributed by atoms with Gasteiger partial charge in [-0.25, -0.2) is 4.39 Å². The summed E-state index contributed by atoms with van der Waals surface area (Å²) in [5.41, 5.74) is 2.41. The number of thioether (sulfide) groups is 1. The van der Waals surface area contributed by atoms with E-state index >= 15 is 0 Å². The average molecular weight is 473 g/mol. The van der Waals surface area contributed by atoms with Crippen molar-refractivity contribution < 1.29 is 14.0 Å². The maximum atomic E-state index is 14.5. The van der Waals surface area contributed by atoms with Crippen LogP contribution in [0.5, 0.6) is 0 Å². The van der Waals surface area contributed by atoms with Crippen molar-refractivity contribution in [3.63, 3.8) is 0 Å². The predicted octanol–water partition coefficient (Wildman–Crippen LogP) is 4.72. The second kappa shape index (κ2) is 9.61. The highest BCUT2D eigenvalue weighted by Crippen LogP contribution is 2.28. The van der Waals surface area contributed by atoms with Crippen LogP contribution in [0.3, 0.4) is 0 Å². The van der Waals surface area contributed by atoms with Crippen molar-refractivity contribution in [3.8, 4) is 11.4 Å². The first kappa shape index (κ1) is 22.0. The SMILES string of the molecule is O=C1c2ccccc2C(=O)N1CCSc1nnc(-c2ccccc2F)n1CCc1ccccc1. The average Bonchev–Trinajstić information content (AvgIpc) is 3.38. The first-order valence-corrected chi connectivity index (χ1v) is 11.9. The summed E-state index contributed by atoms with van der Waals surface area (Å²) in [5, 5.41) is 9.20. The highest BCUT2D eigenvalue weighted by Gasteiger charge is 2.34. The Morgan fingerprint density at radius 2 is 1.35 bits per heavy atom. The molecule has 1 aliphatic heterocycles. The zero-order valence-corrected chi connectivity index (χ0v) is 19.0. The summed E-state index contributed by atoms with van der Waals surface area (Å²) in [6.07, 6.45) is 0.728. The van der Waals surface area contributed by atoms with E-state index < -0.39 is 0 Å². The Bertz CT molecular complexity index is 1320. The number of aryl methyl sites for hydroxylation is 1. The first-order chi connectivity index (χ1) is 16.6. The topological polar surface area (TPSA) is 68.1 Å². The summed E-state index contributed by atoms with van der Waals surface area (Å²) >= 11 is 1.39. The quantitative estimate of drug-likeness (QED) is 0.274. The second-order valence-electron chi connectivity index (χ2n) is 7.83. The largest absolute Gasteiger partial charge is 0.302 e. The molecule has 0 aliphatic carbocycles. The molecule has 170 valence electrons. The molecular formula is C26H21FN4O2S. The van der Waals surface area contributed by atoms with Gasteiger partial charge in [-0.1, -0.05) is 66.4 Å². The van der Waals surface area contributed by atoms with Crippen molar-refractivity contribution >= 4 is 23.6 Å². The van der Waals surface area contributed by atoms with E-state index in [9.17, 15) is 14.0 Å². The Hall–Kier alpha value is -3.78. The Labute approximate surface area is 200 Å². The molecule has 0 bridgehead atoms. The summed E-state index contributed by atoms with van der Waals surface area (Å²) in [7, 11) is 0. The summed E-state index contributed by atoms with van der Waals surface area (Å²) < 4.78 is 16.4. The molecule has 0 saturated carbocycles. The fourth-order valence-electron chi connectivity index (χ4n) is 3.99. The number of imide groups is 1. The third kappa shape index (κ3) is 4.24. The molecule has 4 aromatic rings. The first-order valence-electron chi connectivity index (χ1n) is 10.9. The molecule has 5 rings (SSSR count). The van der Waals surface area contributed by atoms with E-state index in [2.05, 4.69) is 10.2 Å². The number of hydrogen-bond acceptors (Lipinski definition) is 5. The minimum Gasteiger partial charge on any atom is -0.302 e. The van der Waals surface area contributed by atoms with E-state index in [0.717, 1.165) is 12.0 Å². The van der Waals surface area contributed by atoms with Gasteiger partial charge in [0.25, 0.3) is 11.8 Å². The number of hydrogen-bond donors (Lipinski definition) is 0. The lowest BCUT2D eigenvalue weighted by Crippen LogP contribution is -2.31. The number of carbonyl (C=O) groups is 2. The molecule has 0 radical (unpaired) electrons. The molecule has 34 heavy (non-hydrogen) atoms. The number of halogens is 1. The number of aromatic nitrogens is 3. The van der Waals surface area contributed by atoms with Crippen LogP contribution in [0, 0.1) is 5.82 Å². The summed E-state index contributed by atoms with van der Waals surface area (Å²) in [6, 6.07) is 23.4. The highest BCUT2D eigenvalue weighted by molar-refractivity contribution is 7.99. The maximum Gasteiger partial charge on any atom is 0.261 e. The molecule has 0 atom stereocenters. The predicted molar refractivity (Wildman–Crippen MR) is 128 cm³/mol. The van der Waals surface area contributed by atoms with E-state index in [4.69, 9.17) is 0 Å². The van der Waals surface area contributed by atoms with Crippen LogP contribution >= 0.6 is 11.8 Å². The molecule has 2 amide bonds. The molecule has 8 heteroatoms. The number of fused-ring (bicyclic) bond motifs is 1. The van der Waals surface area contributed by atoms with Crippen LogP contribution in [0.15, 0.2) is 84.0 Å². The maximum absolute atomic E-state index is 14.5. The van der Waals surface area contributed by atoms with Gasteiger partial charge in [-0.05, 0) is 36.2 Å². The Kier molecular flexibility index (Phi) is 6.22. The zero-order chi connectivity index (χ0) is 23.5. The van der Waals surface area contributed by atoms with Crippen LogP contribution < -0.4 is 0 Å². The minimum absolute atomic E-state index is 0.248. The number of carbonyl (C=O) groups excluding carboxylic acids is 2. The third-order valence-corrected chi connectivity index (χ3v) is 6.67. The van der Waals surface area contributed by atoms with Gasteiger partial charge in [0.15, 0.2) is 11.0 Å². The molecule has 1 aromatic heterocycles. The van der Waals surface area contributed by atoms with Gasteiger partial charge in [0.2, 0.25) is 0 Å². The van der Waals surface area contributed by atoms with Crippen LogP contribution in [-0.2, 0) is 13.0 Å². The molecule has 1 aliphatic rings. The molecule has 0 saturated heterocycles. The number of rotatable bonds is 8. The second-order valence-corrected chi connectivity index (χ2v) is 8.89. The lowest BCUT2D eigenvalue weighted by atomic mass is 10.1. The van der Waals surface area contributed by atoms with Crippen molar-refractivity contribution in [1.82, 2.24) is 19.7 Å². The fourth-order valence-corrected chi connectivity index (χ4v) is 4.88. The Morgan fingerprint density at radius 1 is 0.735 bits per heavy atom. The van der Waals surface area contributed by atoms with E-state index in [0.29, 0.717) is 40.0 Å². The van der Waals surface area contributed by atoms with Gasteiger partial charge in [0, 0.05) is 18.8 Å². The van der Waals surface area contributed by atoms with Crippen molar-refractivity contribution in [2.45, 2.75) is 18.1 Å².